The largest absolute Gasteiger partial charge is 0.338 e. The van der Waals surface area contributed by atoms with E-state index in [4.69, 9.17) is 4.98 Å². The highest BCUT2D eigenvalue weighted by Gasteiger charge is 2.31. The molecule has 1 aliphatic heterocycles. The normalized spacial score (nSPS) is 20.4. The molecule has 1 aromatic carbocycles. The van der Waals surface area contributed by atoms with Crippen LogP contribution in [0.25, 0.3) is 0 Å². The summed E-state index contributed by atoms with van der Waals surface area (Å²) in [6.45, 7) is 8.62. The Morgan fingerprint density at radius 3 is 2.36 bits per heavy atom. The fraction of sp³-hybridized carbons (Fsp3) is 0.476. The van der Waals surface area contributed by atoms with Gasteiger partial charge in [-0.3, -0.25) is 4.79 Å². The summed E-state index contributed by atoms with van der Waals surface area (Å²) in [6.07, 6.45) is 0.698. The van der Waals surface area contributed by atoms with E-state index in [9.17, 15) is 13.6 Å². The number of aryl methyl sites for hydroxylation is 1. The van der Waals surface area contributed by atoms with E-state index in [0.29, 0.717) is 34.9 Å². The Balaban J connectivity index is 1.64. The number of hydrogen-bond acceptors (Lipinski definition) is 5. The molecule has 2 aromatic rings. The number of nitrogens with zero attached hydrogens (tertiary/aromatic N) is 4. The van der Waals surface area contributed by atoms with Gasteiger partial charge in [0.2, 0.25) is 5.95 Å². The maximum atomic E-state index is 13.6. The Hall–Kier alpha value is -2.41. The van der Waals surface area contributed by atoms with Crippen LogP contribution in [0.5, 0.6) is 0 Å². The van der Waals surface area contributed by atoms with Gasteiger partial charge in [-0.25, -0.2) is 18.7 Å². The first-order valence-corrected chi connectivity index (χ1v) is 9.78. The molecule has 0 saturated carbocycles. The Morgan fingerprint density at radius 1 is 1.04 bits per heavy atom. The van der Waals surface area contributed by atoms with Crippen molar-refractivity contribution < 1.29 is 13.6 Å². The molecule has 4 rings (SSSR count). The Morgan fingerprint density at radius 2 is 1.71 bits per heavy atom. The van der Waals surface area contributed by atoms with E-state index in [2.05, 4.69) is 21.7 Å². The molecule has 0 N–H and O–H groups in total. The molecule has 1 atom stereocenters. The number of piperazine rings is 1. The van der Waals surface area contributed by atoms with Crippen LogP contribution >= 0.6 is 0 Å². The maximum Gasteiger partial charge on any atom is 0.225 e. The van der Waals surface area contributed by atoms with Crippen molar-refractivity contribution in [2.24, 2.45) is 0 Å². The molecule has 0 bridgehead atoms. The summed E-state index contributed by atoms with van der Waals surface area (Å²) in [5.41, 5.74) is 2.45. The van der Waals surface area contributed by atoms with Crippen molar-refractivity contribution in [1.29, 1.82) is 0 Å². The van der Waals surface area contributed by atoms with Gasteiger partial charge in [0, 0.05) is 38.7 Å². The Bertz CT molecular complexity index is 889. The van der Waals surface area contributed by atoms with Crippen molar-refractivity contribution in [2.75, 3.05) is 37.6 Å². The predicted molar refractivity (Wildman–Crippen MR) is 103 cm³/mol. The molecular formula is C21H24F2N4O. The molecule has 2 aliphatic rings. The second-order valence-electron chi connectivity index (χ2n) is 7.58. The van der Waals surface area contributed by atoms with E-state index in [1.807, 2.05) is 6.92 Å². The number of Topliss-reactive ketones (excluding diaryl/α,β-unsaturated/α-hetero) is 1. The molecule has 7 heteroatoms. The highest BCUT2D eigenvalue weighted by molar-refractivity contribution is 5.99. The lowest BCUT2D eigenvalue weighted by Gasteiger charge is -2.35. The van der Waals surface area contributed by atoms with Crippen molar-refractivity contribution >= 4 is 11.7 Å². The van der Waals surface area contributed by atoms with Crippen LogP contribution in [-0.2, 0) is 6.42 Å². The van der Waals surface area contributed by atoms with Crippen LogP contribution < -0.4 is 4.90 Å². The van der Waals surface area contributed by atoms with E-state index >= 15 is 0 Å². The van der Waals surface area contributed by atoms with Crippen LogP contribution in [0.3, 0.4) is 0 Å². The van der Waals surface area contributed by atoms with Crippen LogP contribution in [-0.4, -0.2) is 53.4 Å². The van der Waals surface area contributed by atoms with Crippen LogP contribution in [0.15, 0.2) is 18.2 Å². The molecule has 1 saturated heterocycles. The summed E-state index contributed by atoms with van der Waals surface area (Å²) in [7, 11) is 0. The second kappa shape index (κ2) is 7.54. The van der Waals surface area contributed by atoms with E-state index in [-0.39, 0.29) is 18.1 Å². The summed E-state index contributed by atoms with van der Waals surface area (Å²) < 4.78 is 27.3. The van der Waals surface area contributed by atoms with Crippen molar-refractivity contribution in [1.82, 2.24) is 14.9 Å². The van der Waals surface area contributed by atoms with Crippen molar-refractivity contribution in [3.63, 3.8) is 0 Å². The molecule has 5 nitrogen and oxygen atoms in total. The number of anilines is 1. The topological polar surface area (TPSA) is 49.3 Å². The molecule has 0 unspecified atom stereocenters. The molecule has 1 aromatic heterocycles. The molecular weight excluding hydrogens is 362 g/mol. The van der Waals surface area contributed by atoms with E-state index in [1.54, 1.807) is 0 Å². The lowest BCUT2D eigenvalue weighted by atomic mass is 9.81. The molecule has 1 aliphatic carbocycles. The third-order valence-corrected chi connectivity index (χ3v) is 5.76. The molecule has 28 heavy (non-hydrogen) atoms. The first-order valence-electron chi connectivity index (χ1n) is 9.78. The number of halogens is 2. The highest BCUT2D eigenvalue weighted by atomic mass is 19.1. The second-order valence-corrected chi connectivity index (χ2v) is 7.58. The SMILES string of the molecule is CCN1CCN(c2nc(C)c3c(n2)C[C@H](c2cc(F)cc(F)c2)CC3=O)CC1. The molecule has 1 fully saturated rings. The third kappa shape index (κ3) is 3.63. The standard InChI is InChI=1S/C21H24F2N4O/c1-3-26-4-6-27(7-5-26)21-24-13(2)20-18(25-21)10-15(11-19(20)28)14-8-16(22)12-17(23)9-14/h8-9,12,15H,3-7,10-11H2,1-2H3/t15-/m0/s1. The fourth-order valence-corrected chi connectivity index (χ4v) is 4.21. The molecule has 0 spiro atoms. The monoisotopic (exact) mass is 386 g/mol. The number of hydrogen-bond donors (Lipinski definition) is 0. The zero-order valence-corrected chi connectivity index (χ0v) is 16.2. The summed E-state index contributed by atoms with van der Waals surface area (Å²) in [5, 5.41) is 0. The molecule has 2 heterocycles. The van der Waals surface area contributed by atoms with Gasteiger partial charge in [-0.15, -0.1) is 0 Å². The number of fused-ring (bicyclic) bond motifs is 1. The quantitative estimate of drug-likeness (QED) is 0.811. The number of rotatable bonds is 3. The molecule has 148 valence electrons. The average Bonchev–Trinajstić information content (AvgIpc) is 2.66. The van der Waals surface area contributed by atoms with Crippen molar-refractivity contribution in [3.8, 4) is 0 Å². The summed E-state index contributed by atoms with van der Waals surface area (Å²) in [4.78, 5) is 26.6. The van der Waals surface area contributed by atoms with Gasteiger partial charge in [-0.05, 0) is 43.5 Å². The zero-order chi connectivity index (χ0) is 19.8. The smallest absolute Gasteiger partial charge is 0.225 e. The average molecular weight is 386 g/mol. The van der Waals surface area contributed by atoms with Gasteiger partial charge in [-0.1, -0.05) is 6.92 Å². The predicted octanol–water partition coefficient (Wildman–Crippen LogP) is 3.12. The fourth-order valence-electron chi connectivity index (χ4n) is 4.21. The summed E-state index contributed by atoms with van der Waals surface area (Å²) >= 11 is 0. The van der Waals surface area contributed by atoms with Crippen molar-refractivity contribution in [2.45, 2.75) is 32.6 Å². The molecule has 0 radical (unpaired) electrons. The van der Waals surface area contributed by atoms with Crippen LogP contribution in [0, 0.1) is 18.6 Å². The number of carbonyl (C=O) groups is 1. The van der Waals surface area contributed by atoms with E-state index in [0.717, 1.165) is 38.8 Å². The summed E-state index contributed by atoms with van der Waals surface area (Å²) in [5.74, 6) is -0.936. The maximum absolute atomic E-state index is 13.6. The minimum Gasteiger partial charge on any atom is -0.338 e. The van der Waals surface area contributed by atoms with Crippen LogP contribution in [0.4, 0.5) is 14.7 Å². The van der Waals surface area contributed by atoms with Gasteiger partial charge in [0.25, 0.3) is 0 Å². The lowest BCUT2D eigenvalue weighted by Crippen LogP contribution is -2.47. The van der Waals surface area contributed by atoms with E-state index in [1.165, 1.54) is 12.1 Å². The minimum atomic E-state index is -0.624. The van der Waals surface area contributed by atoms with Gasteiger partial charge >= 0.3 is 0 Å². The number of benzene rings is 1. The number of ketones is 1. The number of carbonyl (C=O) groups excluding carboxylic acids is 1. The summed E-state index contributed by atoms with van der Waals surface area (Å²) in [6, 6.07) is 3.47. The van der Waals surface area contributed by atoms with Gasteiger partial charge in [0.1, 0.15) is 11.6 Å². The lowest BCUT2D eigenvalue weighted by molar-refractivity contribution is 0.0961. The highest BCUT2D eigenvalue weighted by Crippen LogP contribution is 2.34. The van der Waals surface area contributed by atoms with Crippen molar-refractivity contribution in [3.05, 3.63) is 52.3 Å². The Labute approximate surface area is 163 Å². The third-order valence-electron chi connectivity index (χ3n) is 5.76. The minimum absolute atomic E-state index is 0.0595. The van der Waals surface area contributed by atoms with Gasteiger partial charge in [0.05, 0.1) is 17.0 Å². The van der Waals surface area contributed by atoms with E-state index < -0.39 is 11.6 Å². The van der Waals surface area contributed by atoms with Gasteiger partial charge < -0.3 is 9.80 Å². The first kappa shape index (κ1) is 18.9. The Kier molecular flexibility index (Phi) is 5.10. The first-order chi connectivity index (χ1) is 13.4. The van der Waals surface area contributed by atoms with Crippen LogP contribution in [0.2, 0.25) is 0 Å². The van der Waals surface area contributed by atoms with Gasteiger partial charge in [-0.2, -0.15) is 0 Å². The van der Waals surface area contributed by atoms with Gasteiger partial charge in [0.15, 0.2) is 5.78 Å². The molecule has 0 amide bonds. The zero-order valence-electron chi connectivity index (χ0n) is 16.2. The number of aromatic nitrogens is 2. The number of likely N-dealkylation sites (N-methyl/N-ethyl adjacent to an activating group) is 1. The van der Waals surface area contributed by atoms with Crippen LogP contribution in [0.1, 0.15) is 46.6 Å².